The van der Waals surface area contributed by atoms with E-state index in [0.717, 1.165) is 12.1 Å². The smallest absolute Gasteiger partial charge is 0.146 e. The van der Waals surface area contributed by atoms with E-state index in [1.54, 1.807) is 6.07 Å². The van der Waals surface area contributed by atoms with E-state index in [2.05, 4.69) is 19.9 Å². The normalized spacial score (nSPS) is 12.3. The first-order valence-electron chi connectivity index (χ1n) is 6.62. The van der Waals surface area contributed by atoms with Crippen LogP contribution >= 0.6 is 0 Å². The number of nitrogens with two attached hydrogens (primary N) is 1. The van der Waals surface area contributed by atoms with E-state index < -0.39 is 0 Å². The zero-order chi connectivity index (χ0) is 14.4. The highest BCUT2D eigenvalue weighted by Crippen LogP contribution is 2.23. The largest absolute Gasteiger partial charge is 0.368 e. The molecule has 0 saturated carbocycles. The number of nitrogens with zero attached hydrogens (tertiary/aromatic N) is 2. The molecule has 0 aliphatic rings. The molecule has 0 fully saturated rings. The second kappa shape index (κ2) is 7.10. The van der Waals surface area contributed by atoms with Crippen molar-refractivity contribution in [3.63, 3.8) is 0 Å². The fraction of sp³-hybridized carbons (Fsp3) is 0.533. The monoisotopic (exact) mass is 263 g/mol. The molecule has 4 heteroatoms. The molecule has 0 heterocycles. The third-order valence-electron chi connectivity index (χ3n) is 2.92. The Morgan fingerprint density at radius 1 is 1.37 bits per heavy atom. The molecular formula is C15H22FN3. The van der Waals surface area contributed by atoms with Gasteiger partial charge in [0.1, 0.15) is 5.82 Å². The van der Waals surface area contributed by atoms with Gasteiger partial charge in [-0.3, -0.25) is 0 Å². The van der Waals surface area contributed by atoms with Gasteiger partial charge in [-0.25, -0.2) is 4.39 Å². The van der Waals surface area contributed by atoms with Crippen LogP contribution in [0.3, 0.4) is 0 Å². The van der Waals surface area contributed by atoms with Crippen LogP contribution in [0, 0.1) is 23.1 Å². The summed E-state index contributed by atoms with van der Waals surface area (Å²) in [5.74, 6) is 0.139. The molecule has 0 amide bonds. The van der Waals surface area contributed by atoms with Gasteiger partial charge in [0, 0.05) is 19.1 Å². The van der Waals surface area contributed by atoms with Crippen LogP contribution in [0.15, 0.2) is 18.2 Å². The van der Waals surface area contributed by atoms with Gasteiger partial charge >= 0.3 is 0 Å². The van der Waals surface area contributed by atoms with E-state index in [4.69, 9.17) is 11.0 Å². The Morgan fingerprint density at radius 2 is 2.05 bits per heavy atom. The van der Waals surface area contributed by atoms with Crippen LogP contribution in [0.4, 0.5) is 10.1 Å². The molecule has 0 saturated heterocycles. The molecule has 1 atom stereocenters. The first-order valence-corrected chi connectivity index (χ1v) is 6.62. The van der Waals surface area contributed by atoms with E-state index in [1.807, 2.05) is 17.9 Å². The van der Waals surface area contributed by atoms with E-state index in [9.17, 15) is 4.39 Å². The van der Waals surface area contributed by atoms with Crippen molar-refractivity contribution in [1.82, 2.24) is 0 Å². The molecule has 1 aromatic rings. The molecule has 1 rings (SSSR count). The van der Waals surface area contributed by atoms with Crippen molar-refractivity contribution in [1.29, 1.82) is 5.26 Å². The summed E-state index contributed by atoms with van der Waals surface area (Å²) in [7, 11) is 0. The van der Waals surface area contributed by atoms with Gasteiger partial charge in [0.05, 0.1) is 18.2 Å². The maximum absolute atomic E-state index is 14.2. The minimum Gasteiger partial charge on any atom is -0.368 e. The number of rotatable bonds is 6. The van der Waals surface area contributed by atoms with Crippen LogP contribution in [0.2, 0.25) is 0 Å². The summed E-state index contributed by atoms with van der Waals surface area (Å²) in [6.07, 6.45) is 0.390. The maximum Gasteiger partial charge on any atom is 0.146 e. The van der Waals surface area contributed by atoms with E-state index in [-0.39, 0.29) is 11.9 Å². The lowest BCUT2D eigenvalue weighted by Crippen LogP contribution is -2.29. The van der Waals surface area contributed by atoms with Crippen molar-refractivity contribution < 1.29 is 4.39 Å². The van der Waals surface area contributed by atoms with E-state index >= 15 is 0 Å². The second-order valence-electron chi connectivity index (χ2n) is 5.25. The Hall–Kier alpha value is -1.60. The summed E-state index contributed by atoms with van der Waals surface area (Å²) in [5.41, 5.74) is 7.08. The minimum absolute atomic E-state index is 0.179. The molecule has 0 unspecified atom stereocenters. The molecular weight excluding hydrogens is 241 g/mol. The predicted molar refractivity (Wildman–Crippen MR) is 76.3 cm³/mol. The van der Waals surface area contributed by atoms with Gasteiger partial charge in [-0.2, -0.15) is 5.26 Å². The fourth-order valence-corrected chi connectivity index (χ4v) is 2.00. The highest BCUT2D eigenvalue weighted by Gasteiger charge is 2.14. The number of nitriles is 1. The standard InChI is InChI=1S/C15H22FN3/c1-11(2)10-19(8-4-7-17)15-6-5-13(12(3)18)9-14(15)16/h5-6,9,11-12H,4,8,10,18H2,1-3H3/t12-/m0/s1. The molecule has 0 bridgehead atoms. The average Bonchev–Trinajstić information content (AvgIpc) is 2.34. The molecule has 3 nitrogen and oxygen atoms in total. The Morgan fingerprint density at radius 3 is 2.53 bits per heavy atom. The molecule has 0 aliphatic heterocycles. The number of hydrogen-bond donors (Lipinski definition) is 1. The van der Waals surface area contributed by atoms with Gasteiger partial charge in [0.25, 0.3) is 0 Å². The number of benzene rings is 1. The summed E-state index contributed by atoms with van der Waals surface area (Å²) in [6.45, 7) is 7.26. The van der Waals surface area contributed by atoms with Crippen molar-refractivity contribution in [3.05, 3.63) is 29.6 Å². The van der Waals surface area contributed by atoms with Crippen molar-refractivity contribution in [3.8, 4) is 6.07 Å². The average molecular weight is 263 g/mol. The molecule has 2 N–H and O–H groups in total. The molecule has 19 heavy (non-hydrogen) atoms. The van der Waals surface area contributed by atoms with Crippen LogP contribution in [-0.4, -0.2) is 13.1 Å². The molecule has 0 aliphatic carbocycles. The topological polar surface area (TPSA) is 53.0 Å². The zero-order valence-corrected chi connectivity index (χ0v) is 11.9. The van der Waals surface area contributed by atoms with Crippen molar-refractivity contribution in [2.24, 2.45) is 11.7 Å². The van der Waals surface area contributed by atoms with Crippen molar-refractivity contribution >= 4 is 5.69 Å². The lowest BCUT2D eigenvalue weighted by molar-refractivity contribution is 0.580. The van der Waals surface area contributed by atoms with Gasteiger partial charge in [0.2, 0.25) is 0 Å². The van der Waals surface area contributed by atoms with Crippen LogP contribution < -0.4 is 10.6 Å². The van der Waals surface area contributed by atoms with Crippen LogP contribution in [0.5, 0.6) is 0 Å². The molecule has 0 spiro atoms. The number of anilines is 1. The Balaban J connectivity index is 2.98. The van der Waals surface area contributed by atoms with E-state index in [0.29, 0.717) is 24.6 Å². The Kier molecular flexibility index (Phi) is 5.78. The third kappa shape index (κ3) is 4.53. The van der Waals surface area contributed by atoms with Gasteiger partial charge in [-0.05, 0) is 30.5 Å². The second-order valence-corrected chi connectivity index (χ2v) is 5.25. The first kappa shape index (κ1) is 15.5. The SMILES string of the molecule is CC(C)CN(CCC#N)c1ccc([C@H](C)N)cc1F. The molecule has 0 radical (unpaired) electrons. The van der Waals surface area contributed by atoms with Gasteiger partial charge in [-0.15, -0.1) is 0 Å². The lowest BCUT2D eigenvalue weighted by Gasteiger charge is -2.26. The lowest BCUT2D eigenvalue weighted by atomic mass is 10.1. The third-order valence-corrected chi connectivity index (χ3v) is 2.92. The van der Waals surface area contributed by atoms with Crippen LogP contribution in [0.1, 0.15) is 38.8 Å². The summed E-state index contributed by atoms with van der Waals surface area (Å²) < 4.78 is 14.2. The quantitative estimate of drug-likeness (QED) is 0.857. The van der Waals surface area contributed by atoms with Crippen molar-refractivity contribution in [2.45, 2.75) is 33.2 Å². The minimum atomic E-state index is -0.270. The fourth-order valence-electron chi connectivity index (χ4n) is 2.00. The summed E-state index contributed by atoms with van der Waals surface area (Å²) in [6, 6.07) is 7.02. The van der Waals surface area contributed by atoms with Crippen LogP contribution in [0.25, 0.3) is 0 Å². The summed E-state index contributed by atoms with van der Waals surface area (Å²) in [4.78, 5) is 1.92. The Labute approximate surface area is 114 Å². The summed E-state index contributed by atoms with van der Waals surface area (Å²) >= 11 is 0. The van der Waals surface area contributed by atoms with Crippen molar-refractivity contribution in [2.75, 3.05) is 18.0 Å². The van der Waals surface area contributed by atoms with Crippen LogP contribution in [-0.2, 0) is 0 Å². The highest BCUT2D eigenvalue weighted by molar-refractivity contribution is 5.49. The van der Waals surface area contributed by atoms with Gasteiger partial charge < -0.3 is 10.6 Å². The molecule has 1 aromatic carbocycles. The molecule has 104 valence electrons. The number of hydrogen-bond acceptors (Lipinski definition) is 3. The van der Waals surface area contributed by atoms with Gasteiger partial charge in [-0.1, -0.05) is 19.9 Å². The predicted octanol–water partition coefficient (Wildman–Crippen LogP) is 3.22. The zero-order valence-electron chi connectivity index (χ0n) is 11.9. The maximum atomic E-state index is 14.2. The van der Waals surface area contributed by atoms with Gasteiger partial charge in [0.15, 0.2) is 0 Å². The van der Waals surface area contributed by atoms with E-state index in [1.165, 1.54) is 6.07 Å². The highest BCUT2D eigenvalue weighted by atomic mass is 19.1. The molecule has 0 aromatic heterocycles. The Bertz CT molecular complexity index is 449. The number of halogens is 1. The summed E-state index contributed by atoms with van der Waals surface area (Å²) in [5, 5.41) is 8.70. The first-order chi connectivity index (χ1) is 8.95.